The van der Waals surface area contributed by atoms with Gasteiger partial charge in [0.05, 0.1) is 11.4 Å². The van der Waals surface area contributed by atoms with E-state index >= 15 is 0 Å². The molecule has 2 aromatic heterocycles. The first-order chi connectivity index (χ1) is 15.7. The van der Waals surface area contributed by atoms with Gasteiger partial charge in [-0.05, 0) is 35.4 Å². The van der Waals surface area contributed by atoms with Crippen molar-refractivity contribution in [3.63, 3.8) is 0 Å². The largest absolute Gasteiger partial charge is 0.456 e. The van der Waals surface area contributed by atoms with Crippen molar-refractivity contribution in [2.75, 3.05) is 0 Å². The second-order valence-electron chi connectivity index (χ2n) is 7.66. The third-order valence-corrected chi connectivity index (χ3v) is 6.14. The van der Waals surface area contributed by atoms with Crippen LogP contribution in [-0.4, -0.2) is 9.97 Å². The van der Waals surface area contributed by atoms with Crippen molar-refractivity contribution in [3.8, 4) is 33.6 Å². The molecule has 0 aliphatic rings. The molecule has 6 aromatic rings. The normalized spacial score (nSPS) is 11.3. The highest BCUT2D eigenvalue weighted by molar-refractivity contribution is 14.1. The summed E-state index contributed by atoms with van der Waals surface area (Å²) in [6, 6.07) is 35.3. The summed E-state index contributed by atoms with van der Waals surface area (Å²) in [6.07, 6.45) is 0. The molecule has 0 unspecified atom stereocenters. The lowest BCUT2D eigenvalue weighted by atomic mass is 10.0. The first kappa shape index (κ1) is 19.2. The lowest BCUT2D eigenvalue weighted by molar-refractivity contribution is 0.669. The van der Waals surface area contributed by atoms with Crippen molar-refractivity contribution >= 4 is 44.5 Å². The molecule has 0 saturated heterocycles. The molecule has 0 fully saturated rings. The highest BCUT2D eigenvalue weighted by Crippen LogP contribution is 2.33. The maximum absolute atomic E-state index is 5.96. The van der Waals surface area contributed by atoms with Gasteiger partial charge in [-0.25, -0.2) is 9.97 Å². The molecule has 0 saturated carbocycles. The van der Waals surface area contributed by atoms with Gasteiger partial charge in [0.2, 0.25) is 0 Å². The number of benzene rings is 4. The lowest BCUT2D eigenvalue weighted by Gasteiger charge is -2.08. The summed E-state index contributed by atoms with van der Waals surface area (Å²) >= 11 is 2.18. The highest BCUT2D eigenvalue weighted by Gasteiger charge is 2.10. The Morgan fingerprint density at radius 3 is 1.88 bits per heavy atom. The average Bonchev–Trinajstić information content (AvgIpc) is 3.22. The Kier molecular flexibility index (Phi) is 4.72. The number of para-hydroxylation sites is 1. The number of hydrogen-bond donors (Lipinski definition) is 0. The minimum absolute atomic E-state index is 0.736. The molecule has 4 aromatic carbocycles. The van der Waals surface area contributed by atoms with E-state index in [4.69, 9.17) is 4.42 Å². The monoisotopic (exact) mass is 524 g/mol. The fraction of sp³-hybridized carbons (Fsp3) is 0. The molecular weight excluding hydrogens is 507 g/mol. The topological polar surface area (TPSA) is 38.9 Å². The summed E-state index contributed by atoms with van der Waals surface area (Å²) in [5, 5.41) is 2.28. The second kappa shape index (κ2) is 7.88. The van der Waals surface area contributed by atoms with Crippen molar-refractivity contribution in [1.29, 1.82) is 0 Å². The predicted molar refractivity (Wildman–Crippen MR) is 138 cm³/mol. The van der Waals surface area contributed by atoms with Crippen LogP contribution < -0.4 is 0 Å². The van der Waals surface area contributed by atoms with Crippen LogP contribution in [0.5, 0.6) is 0 Å². The van der Waals surface area contributed by atoms with Crippen molar-refractivity contribution in [2.45, 2.75) is 0 Å². The number of nitrogens with zero attached hydrogens (tertiary/aromatic N) is 2. The molecule has 4 heteroatoms. The van der Waals surface area contributed by atoms with Crippen molar-refractivity contribution < 1.29 is 4.42 Å². The Bertz CT molecular complexity index is 1570. The molecular formula is C28H17IN2O. The predicted octanol–water partition coefficient (Wildman–Crippen LogP) is 7.98. The highest BCUT2D eigenvalue weighted by atomic mass is 127. The lowest BCUT2D eigenvalue weighted by Crippen LogP contribution is -1.94. The van der Waals surface area contributed by atoms with Crippen molar-refractivity contribution in [1.82, 2.24) is 9.97 Å². The zero-order valence-electron chi connectivity index (χ0n) is 17.0. The molecule has 152 valence electrons. The van der Waals surface area contributed by atoms with Crippen LogP contribution in [-0.2, 0) is 0 Å². The fourth-order valence-corrected chi connectivity index (χ4v) is 4.58. The summed E-state index contributed by atoms with van der Waals surface area (Å²) in [5.74, 6) is 0. The summed E-state index contributed by atoms with van der Waals surface area (Å²) in [6.45, 7) is 0. The third-order valence-electron chi connectivity index (χ3n) is 5.66. The summed E-state index contributed by atoms with van der Waals surface area (Å²) in [4.78, 5) is 9.27. The summed E-state index contributed by atoms with van der Waals surface area (Å²) < 4.78 is 6.70. The van der Waals surface area contributed by atoms with Gasteiger partial charge in [-0.3, -0.25) is 0 Å². The maximum Gasteiger partial charge on any atom is 0.191 e. The molecule has 0 spiro atoms. The van der Waals surface area contributed by atoms with Gasteiger partial charge >= 0.3 is 0 Å². The SMILES string of the molecule is Ic1nc(-c2ccccc2)cc(-c2ccc(-c3ccc4oc5ccccc5c4c3)cc2)n1. The van der Waals surface area contributed by atoms with Gasteiger partial charge in [0.25, 0.3) is 0 Å². The second-order valence-corrected chi connectivity index (χ2v) is 8.62. The Labute approximate surface area is 198 Å². The van der Waals surface area contributed by atoms with Gasteiger partial charge in [0.15, 0.2) is 3.83 Å². The van der Waals surface area contributed by atoms with Gasteiger partial charge in [-0.15, -0.1) is 0 Å². The number of furan rings is 1. The summed E-state index contributed by atoms with van der Waals surface area (Å²) in [7, 11) is 0. The van der Waals surface area contributed by atoms with E-state index in [0.717, 1.165) is 59.4 Å². The van der Waals surface area contributed by atoms with Crippen molar-refractivity contribution in [3.05, 3.63) is 107 Å². The van der Waals surface area contributed by atoms with E-state index in [1.54, 1.807) is 0 Å². The van der Waals surface area contributed by atoms with Crippen molar-refractivity contribution in [2.24, 2.45) is 0 Å². The van der Waals surface area contributed by atoms with Gasteiger partial charge in [0.1, 0.15) is 11.2 Å². The quantitative estimate of drug-likeness (QED) is 0.174. The van der Waals surface area contributed by atoms with E-state index in [9.17, 15) is 0 Å². The van der Waals surface area contributed by atoms with Crippen LogP contribution in [0.4, 0.5) is 0 Å². The Morgan fingerprint density at radius 1 is 0.500 bits per heavy atom. The Morgan fingerprint density at radius 2 is 1.09 bits per heavy atom. The van der Waals surface area contributed by atoms with E-state index in [1.165, 1.54) is 0 Å². The van der Waals surface area contributed by atoms with E-state index in [1.807, 2.05) is 36.4 Å². The maximum atomic E-state index is 5.96. The van der Waals surface area contributed by atoms with E-state index in [-0.39, 0.29) is 0 Å². The molecule has 3 nitrogen and oxygen atoms in total. The van der Waals surface area contributed by atoms with Crippen LogP contribution in [0.1, 0.15) is 0 Å². The molecule has 32 heavy (non-hydrogen) atoms. The van der Waals surface area contributed by atoms with E-state index in [0.29, 0.717) is 0 Å². The van der Waals surface area contributed by atoms with E-state index in [2.05, 4.69) is 99.3 Å². The zero-order valence-corrected chi connectivity index (χ0v) is 19.2. The van der Waals surface area contributed by atoms with Gasteiger partial charge in [-0.2, -0.15) is 0 Å². The number of hydrogen-bond acceptors (Lipinski definition) is 3. The first-order valence-electron chi connectivity index (χ1n) is 10.4. The van der Waals surface area contributed by atoms with Crippen LogP contribution in [0.3, 0.4) is 0 Å². The van der Waals surface area contributed by atoms with Gasteiger partial charge in [-0.1, -0.05) is 78.9 Å². The minimum Gasteiger partial charge on any atom is -0.456 e. The molecule has 0 atom stereocenters. The first-order valence-corrected chi connectivity index (χ1v) is 11.4. The van der Waals surface area contributed by atoms with Crippen LogP contribution in [0, 0.1) is 3.83 Å². The van der Waals surface area contributed by atoms with Gasteiger partial charge in [0, 0.05) is 44.5 Å². The molecule has 0 aliphatic carbocycles. The smallest absolute Gasteiger partial charge is 0.191 e. The number of fused-ring (bicyclic) bond motifs is 3. The zero-order chi connectivity index (χ0) is 21.5. The molecule has 0 N–H and O–H groups in total. The third kappa shape index (κ3) is 3.46. The standard InChI is InChI=1S/C28H17IN2O/c29-28-30-24(19-6-2-1-3-7-19)17-25(31-28)20-12-10-18(11-13-20)21-14-15-27-23(16-21)22-8-4-5-9-26(22)32-27/h1-17H. The number of aromatic nitrogens is 2. The molecule has 2 heterocycles. The fourth-order valence-electron chi connectivity index (χ4n) is 4.06. The van der Waals surface area contributed by atoms with Crippen LogP contribution >= 0.6 is 22.6 Å². The number of rotatable bonds is 3. The molecule has 0 aliphatic heterocycles. The minimum atomic E-state index is 0.736. The van der Waals surface area contributed by atoms with E-state index < -0.39 is 0 Å². The average molecular weight is 524 g/mol. The molecule has 0 bridgehead atoms. The van der Waals surface area contributed by atoms with Crippen LogP contribution in [0.25, 0.3) is 55.6 Å². The molecule has 0 amide bonds. The molecule has 6 rings (SSSR count). The summed E-state index contributed by atoms with van der Waals surface area (Å²) in [5.41, 5.74) is 8.17. The Hall–Kier alpha value is -3.51. The van der Waals surface area contributed by atoms with Crippen LogP contribution in [0.15, 0.2) is 108 Å². The number of halogens is 1. The Balaban J connectivity index is 1.38. The van der Waals surface area contributed by atoms with Crippen LogP contribution in [0.2, 0.25) is 0 Å². The molecule has 0 radical (unpaired) electrons. The van der Waals surface area contributed by atoms with Gasteiger partial charge < -0.3 is 4.42 Å².